The molecule has 1 saturated heterocycles. The molecule has 0 spiro atoms. The van der Waals surface area contributed by atoms with Crippen LogP contribution < -0.4 is 24.4 Å². The fraction of sp³-hybridized carbons (Fsp3) is 0.258. The number of hydrogen-bond acceptors (Lipinski definition) is 6. The van der Waals surface area contributed by atoms with E-state index < -0.39 is 17.8 Å². The first kappa shape index (κ1) is 29.1. The van der Waals surface area contributed by atoms with Crippen molar-refractivity contribution in [2.75, 3.05) is 18.6 Å². The summed E-state index contributed by atoms with van der Waals surface area (Å²) >= 11 is 2.13. The number of halogens is 1. The number of benzene rings is 3. The van der Waals surface area contributed by atoms with E-state index in [4.69, 9.17) is 14.2 Å². The van der Waals surface area contributed by atoms with Gasteiger partial charge >= 0.3 is 6.03 Å². The number of hydrogen-bond donors (Lipinski definition) is 1. The lowest BCUT2D eigenvalue weighted by atomic mass is 10.1. The molecule has 0 unspecified atom stereocenters. The molecule has 8 nitrogen and oxygen atoms in total. The number of unbranched alkanes of at least 4 members (excludes halogenated alkanes) is 1. The molecular formula is C31H31IN2O6. The molecule has 3 aromatic rings. The minimum absolute atomic E-state index is 0.176. The number of imide groups is 2. The van der Waals surface area contributed by atoms with Gasteiger partial charge in [0.2, 0.25) is 0 Å². The van der Waals surface area contributed by atoms with E-state index in [1.165, 1.54) is 13.2 Å². The molecule has 0 aliphatic carbocycles. The van der Waals surface area contributed by atoms with Gasteiger partial charge in [0.1, 0.15) is 17.9 Å². The second-order valence-electron chi connectivity index (χ2n) is 9.47. The Labute approximate surface area is 247 Å². The molecule has 4 amide bonds. The molecule has 0 bridgehead atoms. The van der Waals surface area contributed by atoms with Crippen molar-refractivity contribution in [2.45, 2.75) is 40.2 Å². The molecule has 1 fully saturated rings. The van der Waals surface area contributed by atoms with Crippen LogP contribution in [0.15, 0.2) is 60.2 Å². The monoisotopic (exact) mass is 654 g/mol. The first-order valence-corrected chi connectivity index (χ1v) is 14.0. The van der Waals surface area contributed by atoms with Crippen LogP contribution in [0.4, 0.5) is 10.5 Å². The summed E-state index contributed by atoms with van der Waals surface area (Å²) in [5.41, 5.74) is 4.04. The van der Waals surface area contributed by atoms with Crippen LogP contribution in [0.25, 0.3) is 6.08 Å². The summed E-state index contributed by atoms with van der Waals surface area (Å²) in [6, 6.07) is 15.5. The van der Waals surface area contributed by atoms with Gasteiger partial charge in [-0.25, -0.2) is 9.69 Å². The smallest absolute Gasteiger partial charge is 0.335 e. The minimum atomic E-state index is -0.811. The highest BCUT2D eigenvalue weighted by Crippen LogP contribution is 2.36. The SMILES string of the molecule is CCCCOc1ccc(N2C(=O)NC(=O)/C(=C/c3cc(I)c(OCc4cc(C)cc(C)c4)c(OC)c3)C2=O)cc1. The van der Waals surface area contributed by atoms with E-state index in [2.05, 4.69) is 53.0 Å². The van der Waals surface area contributed by atoms with Crippen LogP contribution in [0.1, 0.15) is 42.0 Å². The maximum atomic E-state index is 13.4. The van der Waals surface area contributed by atoms with Crippen molar-refractivity contribution in [1.82, 2.24) is 5.32 Å². The highest BCUT2D eigenvalue weighted by atomic mass is 127. The van der Waals surface area contributed by atoms with E-state index >= 15 is 0 Å². The molecule has 1 N–H and O–H groups in total. The quantitative estimate of drug-likeness (QED) is 0.119. The number of rotatable bonds is 10. The molecule has 208 valence electrons. The Morgan fingerprint density at radius 1 is 0.950 bits per heavy atom. The number of nitrogens with zero attached hydrogens (tertiary/aromatic N) is 1. The van der Waals surface area contributed by atoms with Crippen molar-refractivity contribution in [1.29, 1.82) is 0 Å². The van der Waals surface area contributed by atoms with Crippen molar-refractivity contribution in [3.05, 3.63) is 86.0 Å². The fourth-order valence-electron chi connectivity index (χ4n) is 4.36. The van der Waals surface area contributed by atoms with Gasteiger partial charge in [0.05, 0.1) is 23.0 Å². The van der Waals surface area contributed by atoms with E-state index in [1.54, 1.807) is 36.4 Å². The standard InChI is InChI=1S/C31H31IN2O6/c1-5-6-11-39-24-9-7-23(8-10-24)34-30(36)25(29(35)33-31(34)37)15-21-16-26(32)28(27(17-21)38-4)40-18-22-13-19(2)12-20(3)14-22/h7-10,12-17H,5-6,11,18H2,1-4H3,(H,33,35,37)/b25-15-. The Morgan fingerprint density at radius 3 is 2.30 bits per heavy atom. The molecule has 3 aromatic carbocycles. The highest BCUT2D eigenvalue weighted by Gasteiger charge is 2.37. The summed E-state index contributed by atoms with van der Waals surface area (Å²) in [4.78, 5) is 39.6. The van der Waals surface area contributed by atoms with Crippen molar-refractivity contribution >= 4 is 52.2 Å². The molecule has 1 aliphatic rings. The number of barbiturate groups is 1. The molecule has 1 aliphatic heterocycles. The summed E-state index contributed by atoms with van der Waals surface area (Å²) in [7, 11) is 1.53. The third kappa shape index (κ3) is 6.82. The van der Waals surface area contributed by atoms with Gasteiger partial charge in [0.25, 0.3) is 11.8 Å². The predicted molar refractivity (Wildman–Crippen MR) is 162 cm³/mol. The topological polar surface area (TPSA) is 94.2 Å². The van der Waals surface area contributed by atoms with E-state index in [9.17, 15) is 14.4 Å². The molecule has 4 rings (SSSR count). The van der Waals surface area contributed by atoms with Crippen molar-refractivity contribution < 1.29 is 28.6 Å². The van der Waals surface area contributed by atoms with Crippen molar-refractivity contribution in [2.24, 2.45) is 0 Å². The summed E-state index contributed by atoms with van der Waals surface area (Å²) < 4.78 is 18.1. The largest absolute Gasteiger partial charge is 0.494 e. The molecular weight excluding hydrogens is 623 g/mol. The summed E-state index contributed by atoms with van der Waals surface area (Å²) in [5.74, 6) is 0.156. The van der Waals surface area contributed by atoms with E-state index in [1.807, 2.05) is 13.8 Å². The molecule has 0 radical (unpaired) electrons. The second kappa shape index (κ2) is 13.0. The number of urea groups is 1. The lowest BCUT2D eigenvalue weighted by Gasteiger charge is -2.26. The average Bonchev–Trinajstić information content (AvgIpc) is 2.90. The third-order valence-corrected chi connectivity index (χ3v) is 6.99. The van der Waals surface area contributed by atoms with Crippen LogP contribution in [-0.2, 0) is 16.2 Å². The van der Waals surface area contributed by atoms with Crippen LogP contribution >= 0.6 is 22.6 Å². The third-order valence-electron chi connectivity index (χ3n) is 6.19. The van der Waals surface area contributed by atoms with Gasteiger partial charge in [-0.15, -0.1) is 0 Å². The Balaban J connectivity index is 1.57. The van der Waals surface area contributed by atoms with Crippen LogP contribution in [0.5, 0.6) is 17.2 Å². The van der Waals surface area contributed by atoms with Gasteiger partial charge in [0, 0.05) is 0 Å². The normalized spacial score (nSPS) is 14.4. The Morgan fingerprint density at radius 2 is 1.65 bits per heavy atom. The van der Waals surface area contributed by atoms with Crippen molar-refractivity contribution in [3.63, 3.8) is 0 Å². The number of carbonyl (C=O) groups excluding carboxylic acids is 3. The number of anilines is 1. The lowest BCUT2D eigenvalue weighted by Crippen LogP contribution is -2.54. The van der Waals surface area contributed by atoms with Crippen LogP contribution in [0.2, 0.25) is 0 Å². The Kier molecular flexibility index (Phi) is 9.46. The molecule has 0 atom stereocenters. The highest BCUT2D eigenvalue weighted by molar-refractivity contribution is 14.1. The number of amides is 4. The van der Waals surface area contributed by atoms with Gasteiger partial charge in [-0.05, 0) is 96.5 Å². The zero-order chi connectivity index (χ0) is 28.8. The molecule has 9 heteroatoms. The number of nitrogens with one attached hydrogen (secondary N) is 1. The number of ether oxygens (including phenoxy) is 3. The van der Waals surface area contributed by atoms with Gasteiger partial charge in [0.15, 0.2) is 11.5 Å². The lowest BCUT2D eigenvalue weighted by molar-refractivity contribution is -0.122. The Bertz CT molecular complexity index is 1450. The second-order valence-corrected chi connectivity index (χ2v) is 10.6. The molecule has 1 heterocycles. The number of methoxy groups -OCH3 is 1. The predicted octanol–water partition coefficient (Wildman–Crippen LogP) is 6.34. The maximum absolute atomic E-state index is 13.4. The van der Waals surface area contributed by atoms with E-state index in [0.717, 1.165) is 38.0 Å². The van der Waals surface area contributed by atoms with Gasteiger partial charge in [-0.1, -0.05) is 42.7 Å². The van der Waals surface area contributed by atoms with Crippen molar-refractivity contribution in [3.8, 4) is 17.2 Å². The van der Waals surface area contributed by atoms with Gasteiger partial charge < -0.3 is 14.2 Å². The molecule has 0 aromatic heterocycles. The number of carbonyl (C=O) groups is 3. The van der Waals surface area contributed by atoms with Crippen LogP contribution in [0, 0.1) is 17.4 Å². The summed E-state index contributed by atoms with van der Waals surface area (Å²) in [6.45, 7) is 7.09. The fourth-order valence-corrected chi connectivity index (χ4v) is 5.14. The van der Waals surface area contributed by atoms with E-state index in [0.29, 0.717) is 41.7 Å². The Hall–Kier alpha value is -3.86. The number of aryl methyl sites for hydroxylation is 2. The van der Waals surface area contributed by atoms with Crippen LogP contribution in [0.3, 0.4) is 0 Å². The minimum Gasteiger partial charge on any atom is -0.494 e. The van der Waals surface area contributed by atoms with Gasteiger partial charge in [-0.3, -0.25) is 14.9 Å². The summed E-state index contributed by atoms with van der Waals surface area (Å²) in [6.07, 6.45) is 3.38. The zero-order valence-corrected chi connectivity index (χ0v) is 25.0. The zero-order valence-electron chi connectivity index (χ0n) is 22.9. The van der Waals surface area contributed by atoms with E-state index in [-0.39, 0.29) is 5.57 Å². The average molecular weight is 655 g/mol. The van der Waals surface area contributed by atoms with Crippen LogP contribution in [-0.4, -0.2) is 31.6 Å². The molecule has 0 saturated carbocycles. The molecule has 40 heavy (non-hydrogen) atoms. The first-order chi connectivity index (χ1) is 19.2. The maximum Gasteiger partial charge on any atom is 0.335 e. The van der Waals surface area contributed by atoms with Gasteiger partial charge in [-0.2, -0.15) is 0 Å². The first-order valence-electron chi connectivity index (χ1n) is 12.9. The summed E-state index contributed by atoms with van der Waals surface area (Å²) in [5, 5.41) is 2.26.